The summed E-state index contributed by atoms with van der Waals surface area (Å²) in [4.78, 5) is 29.9. The van der Waals surface area contributed by atoms with Crippen molar-refractivity contribution >= 4 is 33.3 Å². The maximum Gasteiger partial charge on any atom is 0.299 e. The van der Waals surface area contributed by atoms with E-state index >= 15 is 0 Å². The second-order valence-corrected chi connectivity index (χ2v) is 6.18. The fraction of sp³-hybridized carbons (Fsp3) is 0.267. The number of benzene rings is 1. The van der Waals surface area contributed by atoms with Gasteiger partial charge in [-0.15, -0.1) is 0 Å². The summed E-state index contributed by atoms with van der Waals surface area (Å²) in [6.45, 7) is 4.44. The van der Waals surface area contributed by atoms with Crippen LogP contribution in [0.15, 0.2) is 35.2 Å². The SMILES string of the molecule is CC(C)n1cncc1CN1C(=O)C(=O)c2ccc(Br)cc21. The fourth-order valence-electron chi connectivity index (χ4n) is 2.51. The molecule has 0 radical (unpaired) electrons. The molecular weight excluding hydrogens is 334 g/mol. The predicted molar refractivity (Wildman–Crippen MR) is 82.3 cm³/mol. The Morgan fingerprint density at radius 3 is 2.76 bits per heavy atom. The largest absolute Gasteiger partial charge is 0.330 e. The highest BCUT2D eigenvalue weighted by Gasteiger charge is 2.36. The van der Waals surface area contributed by atoms with Crippen molar-refractivity contribution in [3.8, 4) is 0 Å². The van der Waals surface area contributed by atoms with Crippen molar-refractivity contribution in [3.05, 3.63) is 46.5 Å². The number of halogens is 1. The number of amides is 1. The molecule has 108 valence electrons. The lowest BCUT2D eigenvalue weighted by Crippen LogP contribution is -2.30. The molecule has 0 atom stereocenters. The van der Waals surface area contributed by atoms with E-state index in [-0.39, 0.29) is 6.04 Å². The lowest BCUT2D eigenvalue weighted by atomic mass is 10.1. The Morgan fingerprint density at radius 2 is 2.05 bits per heavy atom. The minimum Gasteiger partial charge on any atom is -0.330 e. The number of ketones is 1. The number of rotatable bonds is 3. The van der Waals surface area contributed by atoms with E-state index in [0.717, 1.165) is 10.2 Å². The third-order valence-electron chi connectivity index (χ3n) is 3.56. The van der Waals surface area contributed by atoms with Gasteiger partial charge in [-0.05, 0) is 32.0 Å². The van der Waals surface area contributed by atoms with Gasteiger partial charge < -0.3 is 4.57 Å². The zero-order chi connectivity index (χ0) is 15.1. The summed E-state index contributed by atoms with van der Waals surface area (Å²) in [5.41, 5.74) is 2.01. The van der Waals surface area contributed by atoms with Crippen LogP contribution in [-0.2, 0) is 11.3 Å². The molecule has 1 aromatic heterocycles. The Kier molecular flexibility index (Phi) is 3.41. The van der Waals surface area contributed by atoms with E-state index in [9.17, 15) is 9.59 Å². The first-order valence-electron chi connectivity index (χ1n) is 6.65. The molecule has 0 saturated carbocycles. The zero-order valence-electron chi connectivity index (χ0n) is 11.7. The van der Waals surface area contributed by atoms with Gasteiger partial charge in [-0.2, -0.15) is 0 Å². The maximum absolute atomic E-state index is 12.2. The predicted octanol–water partition coefficient (Wildman–Crippen LogP) is 2.96. The second-order valence-electron chi connectivity index (χ2n) is 5.27. The molecule has 0 unspecified atom stereocenters. The zero-order valence-corrected chi connectivity index (χ0v) is 13.3. The van der Waals surface area contributed by atoms with Gasteiger partial charge >= 0.3 is 0 Å². The summed E-state index contributed by atoms with van der Waals surface area (Å²) < 4.78 is 2.83. The molecule has 0 aliphatic carbocycles. The van der Waals surface area contributed by atoms with Crippen molar-refractivity contribution in [2.24, 2.45) is 0 Å². The van der Waals surface area contributed by atoms with E-state index in [2.05, 4.69) is 20.9 Å². The highest BCUT2D eigenvalue weighted by molar-refractivity contribution is 9.10. The first-order valence-corrected chi connectivity index (χ1v) is 7.45. The molecule has 1 aliphatic rings. The number of hydrogen-bond acceptors (Lipinski definition) is 3. The van der Waals surface area contributed by atoms with Crippen LogP contribution >= 0.6 is 15.9 Å². The molecule has 2 heterocycles. The average Bonchev–Trinajstić information content (AvgIpc) is 2.99. The van der Waals surface area contributed by atoms with Gasteiger partial charge in [0.1, 0.15) is 0 Å². The number of Topliss-reactive ketones (excluding diaryl/α,β-unsaturated/α-hetero) is 1. The third kappa shape index (κ3) is 2.29. The van der Waals surface area contributed by atoms with Gasteiger partial charge in [0.15, 0.2) is 0 Å². The normalized spacial score (nSPS) is 14.2. The lowest BCUT2D eigenvalue weighted by molar-refractivity contribution is -0.114. The molecule has 1 aliphatic heterocycles. The highest BCUT2D eigenvalue weighted by Crippen LogP contribution is 2.33. The number of carbonyl (C=O) groups excluding carboxylic acids is 2. The van der Waals surface area contributed by atoms with Gasteiger partial charge in [-0.3, -0.25) is 14.5 Å². The Balaban J connectivity index is 2.00. The topological polar surface area (TPSA) is 55.2 Å². The number of carbonyl (C=O) groups is 2. The lowest BCUT2D eigenvalue weighted by Gasteiger charge is -2.19. The van der Waals surface area contributed by atoms with Crippen LogP contribution in [0.25, 0.3) is 0 Å². The number of aromatic nitrogens is 2. The van der Waals surface area contributed by atoms with Crippen LogP contribution < -0.4 is 4.90 Å². The molecule has 0 bridgehead atoms. The van der Waals surface area contributed by atoms with Gasteiger partial charge in [-0.1, -0.05) is 15.9 Å². The van der Waals surface area contributed by atoms with Gasteiger partial charge in [0, 0.05) is 16.7 Å². The summed E-state index contributed by atoms with van der Waals surface area (Å²) in [5.74, 6) is -0.937. The Labute approximate surface area is 130 Å². The molecule has 1 aromatic carbocycles. The van der Waals surface area contributed by atoms with E-state index in [4.69, 9.17) is 0 Å². The van der Waals surface area contributed by atoms with E-state index < -0.39 is 11.7 Å². The van der Waals surface area contributed by atoms with Crippen molar-refractivity contribution < 1.29 is 9.59 Å². The molecule has 0 fully saturated rings. The number of imidazole rings is 1. The molecular formula is C15H14BrN3O2. The molecule has 3 rings (SSSR count). The Hall–Kier alpha value is -1.95. The standard InChI is InChI=1S/C15H14BrN3O2/c1-9(2)19-8-17-6-11(19)7-18-13-5-10(16)3-4-12(13)14(20)15(18)21/h3-6,8-9H,7H2,1-2H3. The molecule has 0 N–H and O–H groups in total. The molecule has 1 amide bonds. The smallest absolute Gasteiger partial charge is 0.299 e. The van der Waals surface area contributed by atoms with Gasteiger partial charge in [0.25, 0.3) is 11.7 Å². The average molecular weight is 348 g/mol. The first-order chi connectivity index (χ1) is 9.99. The first kappa shape index (κ1) is 14.0. The van der Waals surface area contributed by atoms with Crippen molar-refractivity contribution in [3.63, 3.8) is 0 Å². The van der Waals surface area contributed by atoms with Crippen LogP contribution in [-0.4, -0.2) is 21.2 Å². The quantitative estimate of drug-likeness (QED) is 0.802. The molecule has 21 heavy (non-hydrogen) atoms. The third-order valence-corrected chi connectivity index (χ3v) is 4.05. The molecule has 2 aromatic rings. The van der Waals surface area contributed by atoms with Crippen LogP contribution in [0.5, 0.6) is 0 Å². The monoisotopic (exact) mass is 347 g/mol. The number of hydrogen-bond donors (Lipinski definition) is 0. The summed E-state index contributed by atoms with van der Waals surface area (Å²) in [5, 5.41) is 0. The van der Waals surface area contributed by atoms with E-state index in [1.165, 1.54) is 4.90 Å². The maximum atomic E-state index is 12.2. The van der Waals surface area contributed by atoms with Crippen LogP contribution in [0.3, 0.4) is 0 Å². The van der Waals surface area contributed by atoms with Crippen molar-refractivity contribution in [2.45, 2.75) is 26.4 Å². The summed E-state index contributed by atoms with van der Waals surface area (Å²) in [7, 11) is 0. The van der Waals surface area contributed by atoms with Gasteiger partial charge in [0.2, 0.25) is 0 Å². The van der Waals surface area contributed by atoms with E-state index in [0.29, 0.717) is 17.8 Å². The van der Waals surface area contributed by atoms with Crippen LogP contribution in [0.2, 0.25) is 0 Å². The summed E-state index contributed by atoms with van der Waals surface area (Å²) in [6, 6.07) is 5.50. The van der Waals surface area contributed by atoms with Crippen LogP contribution in [0, 0.1) is 0 Å². The van der Waals surface area contributed by atoms with Gasteiger partial charge in [-0.25, -0.2) is 4.98 Å². The second kappa shape index (κ2) is 5.11. The number of fused-ring (bicyclic) bond motifs is 1. The van der Waals surface area contributed by atoms with E-state index in [1.807, 2.05) is 18.4 Å². The van der Waals surface area contributed by atoms with Gasteiger partial charge in [0.05, 0.1) is 29.8 Å². The summed E-state index contributed by atoms with van der Waals surface area (Å²) in [6.07, 6.45) is 3.47. The minimum absolute atomic E-state index is 0.248. The Bertz CT molecular complexity index is 736. The fourth-order valence-corrected chi connectivity index (χ4v) is 2.85. The van der Waals surface area contributed by atoms with Crippen molar-refractivity contribution in [2.75, 3.05) is 4.90 Å². The van der Waals surface area contributed by atoms with Crippen molar-refractivity contribution in [1.29, 1.82) is 0 Å². The van der Waals surface area contributed by atoms with Crippen molar-refractivity contribution in [1.82, 2.24) is 9.55 Å². The van der Waals surface area contributed by atoms with Crippen LogP contribution in [0.1, 0.15) is 35.9 Å². The molecule has 0 spiro atoms. The Morgan fingerprint density at radius 1 is 1.29 bits per heavy atom. The minimum atomic E-state index is -0.486. The molecule has 6 heteroatoms. The number of anilines is 1. The molecule has 5 nitrogen and oxygen atoms in total. The van der Waals surface area contributed by atoms with E-state index in [1.54, 1.807) is 30.7 Å². The van der Waals surface area contributed by atoms with Crippen LogP contribution in [0.4, 0.5) is 5.69 Å². The highest BCUT2D eigenvalue weighted by atomic mass is 79.9. The molecule has 0 saturated heterocycles. The summed E-state index contributed by atoms with van der Waals surface area (Å²) >= 11 is 3.38. The number of nitrogens with zero attached hydrogens (tertiary/aromatic N) is 3.